The van der Waals surface area contributed by atoms with Crippen molar-refractivity contribution in [2.24, 2.45) is 5.73 Å². The van der Waals surface area contributed by atoms with Gasteiger partial charge in [0.2, 0.25) is 0 Å². The van der Waals surface area contributed by atoms with Gasteiger partial charge < -0.3 is 24.3 Å². The van der Waals surface area contributed by atoms with Crippen molar-refractivity contribution < 1.29 is 19.0 Å². The van der Waals surface area contributed by atoms with Crippen LogP contribution >= 0.6 is 0 Å². The summed E-state index contributed by atoms with van der Waals surface area (Å²) in [7, 11) is 1.50. The van der Waals surface area contributed by atoms with Crippen molar-refractivity contribution in [3.63, 3.8) is 0 Å². The summed E-state index contributed by atoms with van der Waals surface area (Å²) in [5.41, 5.74) is 9.82. The Morgan fingerprint density at radius 3 is 2.88 bits per heavy atom. The number of pyridine rings is 2. The molecule has 1 atom stereocenters. The third-order valence-electron chi connectivity index (χ3n) is 5.72. The van der Waals surface area contributed by atoms with Gasteiger partial charge >= 0.3 is 0 Å². The van der Waals surface area contributed by atoms with Crippen LogP contribution in [0.4, 0.5) is 0 Å². The molecule has 0 spiro atoms. The number of nitrogens with two attached hydrogens (primary N) is 1. The van der Waals surface area contributed by atoms with Crippen LogP contribution in [0, 0.1) is 0 Å². The van der Waals surface area contributed by atoms with Gasteiger partial charge in [-0.2, -0.15) is 0 Å². The smallest absolute Gasteiger partial charge is 0.256 e. The molecule has 2 N–H and O–H groups in total. The number of aromatic nitrogens is 3. The monoisotopic (exact) mass is 444 g/mol. The fourth-order valence-corrected chi connectivity index (χ4v) is 4.05. The molecule has 0 unspecified atom stereocenters. The number of rotatable bonds is 7. The molecule has 0 bridgehead atoms. The van der Waals surface area contributed by atoms with Gasteiger partial charge in [0.1, 0.15) is 23.7 Å². The number of hydrogen-bond acceptors (Lipinski definition) is 6. The van der Waals surface area contributed by atoms with Gasteiger partial charge in [-0.25, -0.2) is 4.98 Å². The second kappa shape index (κ2) is 8.91. The predicted molar refractivity (Wildman–Crippen MR) is 123 cm³/mol. The lowest BCUT2D eigenvalue weighted by Gasteiger charge is -2.12. The van der Waals surface area contributed by atoms with E-state index in [1.807, 2.05) is 36.5 Å². The predicted octanol–water partition coefficient (Wildman–Crippen LogP) is 3.73. The zero-order valence-corrected chi connectivity index (χ0v) is 18.2. The number of fused-ring (bicyclic) bond motifs is 1. The Balaban J connectivity index is 1.45. The number of carbonyl (C=O) groups excluding carboxylic acids is 1. The summed E-state index contributed by atoms with van der Waals surface area (Å²) in [5, 5.41) is 0. The van der Waals surface area contributed by atoms with Gasteiger partial charge in [-0.05, 0) is 36.6 Å². The molecule has 5 rings (SSSR count). The van der Waals surface area contributed by atoms with Crippen molar-refractivity contribution in [1.82, 2.24) is 14.4 Å². The first-order valence-corrected chi connectivity index (χ1v) is 10.8. The van der Waals surface area contributed by atoms with Crippen LogP contribution in [0.15, 0.2) is 61.2 Å². The number of benzene rings is 1. The second-order valence-corrected chi connectivity index (χ2v) is 7.92. The second-order valence-electron chi connectivity index (χ2n) is 7.92. The largest absolute Gasteiger partial charge is 0.496 e. The van der Waals surface area contributed by atoms with Crippen LogP contribution in [-0.4, -0.2) is 46.7 Å². The number of primary amides is 1. The Labute approximate surface area is 190 Å². The summed E-state index contributed by atoms with van der Waals surface area (Å²) in [6.45, 7) is 1.33. The summed E-state index contributed by atoms with van der Waals surface area (Å²) in [6, 6.07) is 11.6. The van der Waals surface area contributed by atoms with Crippen LogP contribution in [0.1, 0.15) is 23.2 Å². The van der Waals surface area contributed by atoms with E-state index in [-0.39, 0.29) is 11.7 Å². The summed E-state index contributed by atoms with van der Waals surface area (Å²) in [6.07, 6.45) is 9.42. The summed E-state index contributed by atoms with van der Waals surface area (Å²) in [5.74, 6) is 0.514. The minimum Gasteiger partial charge on any atom is -0.496 e. The molecule has 8 heteroatoms. The average molecular weight is 444 g/mol. The first-order chi connectivity index (χ1) is 16.1. The van der Waals surface area contributed by atoms with Crippen LogP contribution < -0.4 is 15.2 Å². The highest BCUT2D eigenvalue weighted by molar-refractivity contribution is 6.01. The van der Waals surface area contributed by atoms with E-state index in [4.69, 9.17) is 19.9 Å². The van der Waals surface area contributed by atoms with E-state index >= 15 is 0 Å². The molecule has 8 nitrogen and oxygen atoms in total. The summed E-state index contributed by atoms with van der Waals surface area (Å²) < 4.78 is 18.6. The molecule has 1 amide bonds. The van der Waals surface area contributed by atoms with Gasteiger partial charge in [-0.3, -0.25) is 9.78 Å². The molecular formula is C25H24N4O4. The first-order valence-electron chi connectivity index (χ1n) is 10.8. The maximum atomic E-state index is 12.0. The molecular weight excluding hydrogens is 420 g/mol. The van der Waals surface area contributed by atoms with Crippen molar-refractivity contribution in [2.75, 3.05) is 20.3 Å². The summed E-state index contributed by atoms with van der Waals surface area (Å²) >= 11 is 0. The minimum absolute atomic E-state index is 0.149. The molecule has 1 fully saturated rings. The standard InChI is InChI=1S/C25H24N4O4/c1-31-22-7-8-29-14-21(28-25(29)23(22)24(26)30)17-5-2-4-16(10-17)18-11-20(13-27-12-18)33-15-19-6-3-9-32-19/h2,4-5,7-8,10-14,19H,3,6,9,15H2,1H3,(H2,26,30)/t19-/m1/s1. The topological polar surface area (TPSA) is 101 Å². The van der Waals surface area contributed by atoms with E-state index in [0.29, 0.717) is 29.4 Å². The molecule has 1 saturated heterocycles. The Morgan fingerprint density at radius 1 is 1.21 bits per heavy atom. The molecule has 4 heterocycles. The van der Waals surface area contributed by atoms with E-state index in [1.165, 1.54) is 7.11 Å². The zero-order valence-electron chi connectivity index (χ0n) is 18.2. The highest BCUT2D eigenvalue weighted by Gasteiger charge is 2.18. The maximum Gasteiger partial charge on any atom is 0.256 e. The molecule has 0 aliphatic carbocycles. The van der Waals surface area contributed by atoms with Crippen molar-refractivity contribution in [3.05, 3.63) is 66.7 Å². The van der Waals surface area contributed by atoms with Crippen molar-refractivity contribution in [1.29, 1.82) is 0 Å². The number of amides is 1. The SMILES string of the molecule is COc1ccn2cc(-c3cccc(-c4cncc(OC[C@H]5CCCO5)c4)c3)nc2c1C(N)=O. The third-order valence-corrected chi connectivity index (χ3v) is 5.72. The molecule has 1 aromatic carbocycles. The highest BCUT2D eigenvalue weighted by Crippen LogP contribution is 2.30. The van der Waals surface area contributed by atoms with Gasteiger partial charge in [-0.15, -0.1) is 0 Å². The van der Waals surface area contributed by atoms with Crippen molar-refractivity contribution in [2.45, 2.75) is 18.9 Å². The molecule has 33 heavy (non-hydrogen) atoms. The lowest BCUT2D eigenvalue weighted by Crippen LogP contribution is -2.16. The van der Waals surface area contributed by atoms with Crippen LogP contribution in [0.25, 0.3) is 28.0 Å². The Hall–Kier alpha value is -3.91. The van der Waals surface area contributed by atoms with E-state index in [9.17, 15) is 4.79 Å². The van der Waals surface area contributed by atoms with Gasteiger partial charge in [0.25, 0.3) is 5.91 Å². The van der Waals surface area contributed by atoms with E-state index in [2.05, 4.69) is 9.97 Å². The fraction of sp³-hybridized carbons (Fsp3) is 0.240. The molecule has 168 valence electrons. The van der Waals surface area contributed by atoms with Gasteiger partial charge in [0, 0.05) is 36.3 Å². The van der Waals surface area contributed by atoms with E-state index in [0.717, 1.165) is 36.1 Å². The van der Waals surface area contributed by atoms with Gasteiger partial charge in [-0.1, -0.05) is 18.2 Å². The quantitative estimate of drug-likeness (QED) is 0.466. The molecule has 3 aromatic heterocycles. The first kappa shape index (κ1) is 21.0. The van der Waals surface area contributed by atoms with E-state index in [1.54, 1.807) is 29.1 Å². The zero-order chi connectivity index (χ0) is 22.8. The number of methoxy groups -OCH3 is 1. The fourth-order valence-electron chi connectivity index (χ4n) is 4.05. The average Bonchev–Trinajstić information content (AvgIpc) is 3.52. The Bertz CT molecular complexity index is 1310. The highest BCUT2D eigenvalue weighted by atomic mass is 16.5. The number of hydrogen-bond donors (Lipinski definition) is 1. The van der Waals surface area contributed by atoms with Crippen LogP contribution in [0.2, 0.25) is 0 Å². The number of carbonyl (C=O) groups is 1. The van der Waals surface area contributed by atoms with E-state index < -0.39 is 5.91 Å². The molecule has 0 radical (unpaired) electrons. The van der Waals surface area contributed by atoms with Gasteiger partial charge in [0.15, 0.2) is 5.65 Å². The van der Waals surface area contributed by atoms with Crippen LogP contribution in [0.3, 0.4) is 0 Å². The normalized spacial score (nSPS) is 15.6. The molecule has 4 aromatic rings. The number of ether oxygens (including phenoxy) is 3. The molecule has 0 saturated carbocycles. The number of nitrogens with zero attached hydrogens (tertiary/aromatic N) is 3. The van der Waals surface area contributed by atoms with Crippen molar-refractivity contribution >= 4 is 11.6 Å². The molecule has 1 aliphatic rings. The maximum absolute atomic E-state index is 12.0. The van der Waals surface area contributed by atoms with Crippen molar-refractivity contribution in [3.8, 4) is 33.9 Å². The van der Waals surface area contributed by atoms with Crippen LogP contribution in [-0.2, 0) is 4.74 Å². The minimum atomic E-state index is -0.589. The Morgan fingerprint density at radius 2 is 2.09 bits per heavy atom. The molecule has 1 aliphatic heterocycles. The van der Waals surface area contributed by atoms with Crippen LogP contribution in [0.5, 0.6) is 11.5 Å². The number of imidazole rings is 1. The third kappa shape index (κ3) is 4.25. The lowest BCUT2D eigenvalue weighted by molar-refractivity contribution is 0.0678. The lowest BCUT2D eigenvalue weighted by atomic mass is 10.0. The Kier molecular flexibility index (Phi) is 5.66. The summed E-state index contributed by atoms with van der Waals surface area (Å²) in [4.78, 5) is 21.0. The van der Waals surface area contributed by atoms with Gasteiger partial charge in [0.05, 0.1) is 25.1 Å².